The van der Waals surface area contributed by atoms with Crippen molar-refractivity contribution in [1.82, 2.24) is 10.2 Å². The predicted octanol–water partition coefficient (Wildman–Crippen LogP) is 1.84. The lowest BCUT2D eigenvalue weighted by molar-refractivity contribution is -0.143. The number of amides is 1. The van der Waals surface area contributed by atoms with Crippen LogP contribution in [0.5, 0.6) is 0 Å². The van der Waals surface area contributed by atoms with Crippen LogP contribution in [0.3, 0.4) is 0 Å². The van der Waals surface area contributed by atoms with E-state index >= 15 is 0 Å². The van der Waals surface area contributed by atoms with Crippen molar-refractivity contribution in [1.29, 1.82) is 0 Å². The van der Waals surface area contributed by atoms with Crippen molar-refractivity contribution in [2.75, 3.05) is 43.3 Å². The highest BCUT2D eigenvalue weighted by Crippen LogP contribution is 2.24. The molecule has 1 N–H and O–H groups in total. The number of sulfonamides is 1. The molecule has 0 saturated carbocycles. The van der Waals surface area contributed by atoms with E-state index in [1.165, 1.54) is 17.4 Å². The van der Waals surface area contributed by atoms with Crippen LogP contribution in [-0.4, -0.2) is 64.4 Å². The summed E-state index contributed by atoms with van der Waals surface area (Å²) < 4.78 is 61.9. The first-order valence-electron chi connectivity index (χ1n) is 8.22. The highest BCUT2D eigenvalue weighted by Gasteiger charge is 2.29. The SMILES string of the molecule is CN(CCCNC(=O)c1cccc(N2CCCS2(=O)=O)c1)CC(F)(F)F. The van der Waals surface area contributed by atoms with Gasteiger partial charge >= 0.3 is 6.18 Å². The molecule has 0 aromatic heterocycles. The normalized spacial score (nSPS) is 16.9. The Morgan fingerprint density at radius 3 is 2.69 bits per heavy atom. The zero-order valence-electron chi connectivity index (χ0n) is 14.4. The molecule has 1 aromatic carbocycles. The van der Waals surface area contributed by atoms with Gasteiger partial charge in [-0.2, -0.15) is 13.2 Å². The molecule has 0 atom stereocenters. The molecule has 6 nitrogen and oxygen atoms in total. The third-order valence-electron chi connectivity index (χ3n) is 3.95. The average Bonchev–Trinajstić information content (AvgIpc) is 2.89. The Labute approximate surface area is 151 Å². The number of alkyl halides is 3. The smallest absolute Gasteiger partial charge is 0.352 e. The van der Waals surface area contributed by atoms with Gasteiger partial charge in [-0.15, -0.1) is 0 Å². The van der Waals surface area contributed by atoms with E-state index < -0.39 is 22.7 Å². The second-order valence-corrected chi connectivity index (χ2v) is 8.27. The van der Waals surface area contributed by atoms with E-state index in [0.717, 1.165) is 4.90 Å². The van der Waals surface area contributed by atoms with Gasteiger partial charge in [0.2, 0.25) is 10.0 Å². The summed E-state index contributed by atoms with van der Waals surface area (Å²) in [6, 6.07) is 6.31. The van der Waals surface area contributed by atoms with E-state index in [0.29, 0.717) is 30.6 Å². The number of nitrogens with one attached hydrogen (secondary N) is 1. The summed E-state index contributed by atoms with van der Waals surface area (Å²) in [5.74, 6) is -0.295. The summed E-state index contributed by atoms with van der Waals surface area (Å²) in [4.78, 5) is 13.3. The molecule has 0 aliphatic carbocycles. The minimum atomic E-state index is -4.24. The number of benzene rings is 1. The maximum absolute atomic E-state index is 12.2. The molecule has 146 valence electrons. The van der Waals surface area contributed by atoms with E-state index in [4.69, 9.17) is 0 Å². The molecule has 2 rings (SSSR count). The Kier molecular flexibility index (Phi) is 6.51. The molecule has 1 aromatic rings. The minimum Gasteiger partial charge on any atom is -0.352 e. The van der Waals surface area contributed by atoms with Crippen LogP contribution < -0.4 is 9.62 Å². The average molecular weight is 393 g/mol. The summed E-state index contributed by atoms with van der Waals surface area (Å²) in [5, 5.41) is 2.64. The molecule has 0 radical (unpaired) electrons. The number of anilines is 1. The van der Waals surface area contributed by atoms with Gasteiger partial charge in [-0.05, 0) is 44.6 Å². The molecule has 1 fully saturated rings. The molecular formula is C16H22F3N3O3S. The third kappa shape index (κ3) is 5.87. The molecule has 1 heterocycles. The van der Waals surface area contributed by atoms with Crippen LogP contribution in [0.4, 0.5) is 18.9 Å². The fraction of sp³-hybridized carbons (Fsp3) is 0.562. The lowest BCUT2D eigenvalue weighted by Crippen LogP contribution is -2.33. The van der Waals surface area contributed by atoms with Gasteiger partial charge < -0.3 is 5.32 Å². The van der Waals surface area contributed by atoms with E-state index in [1.54, 1.807) is 18.2 Å². The third-order valence-corrected chi connectivity index (χ3v) is 5.82. The lowest BCUT2D eigenvalue weighted by atomic mass is 10.2. The fourth-order valence-electron chi connectivity index (χ4n) is 2.77. The van der Waals surface area contributed by atoms with Crippen LogP contribution in [0.1, 0.15) is 23.2 Å². The first kappa shape index (κ1) is 20.5. The molecule has 1 aliphatic heterocycles. The van der Waals surface area contributed by atoms with Crippen LogP contribution in [-0.2, 0) is 10.0 Å². The zero-order valence-corrected chi connectivity index (χ0v) is 15.2. The maximum atomic E-state index is 12.2. The van der Waals surface area contributed by atoms with Crippen molar-refractivity contribution >= 4 is 21.6 Å². The van der Waals surface area contributed by atoms with E-state index in [2.05, 4.69) is 5.32 Å². The van der Waals surface area contributed by atoms with Crippen molar-refractivity contribution in [3.8, 4) is 0 Å². The van der Waals surface area contributed by atoms with Crippen molar-refractivity contribution in [2.45, 2.75) is 19.0 Å². The lowest BCUT2D eigenvalue weighted by Gasteiger charge is -2.19. The number of carbonyl (C=O) groups is 1. The van der Waals surface area contributed by atoms with E-state index in [9.17, 15) is 26.4 Å². The molecule has 0 bridgehead atoms. The Bertz CT molecular complexity index is 738. The highest BCUT2D eigenvalue weighted by molar-refractivity contribution is 7.93. The highest BCUT2D eigenvalue weighted by atomic mass is 32.2. The molecule has 0 unspecified atom stereocenters. The van der Waals surface area contributed by atoms with Crippen molar-refractivity contribution in [3.05, 3.63) is 29.8 Å². The van der Waals surface area contributed by atoms with Crippen LogP contribution in [0.25, 0.3) is 0 Å². The van der Waals surface area contributed by atoms with Gasteiger partial charge in [-0.3, -0.25) is 14.0 Å². The van der Waals surface area contributed by atoms with E-state index in [-0.39, 0.29) is 24.7 Å². The number of hydrogen-bond acceptors (Lipinski definition) is 4. The van der Waals surface area contributed by atoms with Crippen molar-refractivity contribution < 1.29 is 26.4 Å². The van der Waals surface area contributed by atoms with Gasteiger partial charge in [-0.1, -0.05) is 6.07 Å². The molecule has 1 amide bonds. The van der Waals surface area contributed by atoms with Crippen LogP contribution >= 0.6 is 0 Å². The molecule has 0 spiro atoms. The summed E-state index contributed by atoms with van der Waals surface area (Å²) >= 11 is 0. The number of halogens is 3. The Balaban J connectivity index is 1.86. The molecule has 1 saturated heterocycles. The summed E-state index contributed by atoms with van der Waals surface area (Å²) in [5.41, 5.74) is 0.758. The molecule has 10 heteroatoms. The van der Waals surface area contributed by atoms with Crippen molar-refractivity contribution in [3.63, 3.8) is 0 Å². The number of nitrogens with zero attached hydrogens (tertiary/aromatic N) is 2. The van der Waals surface area contributed by atoms with Gasteiger partial charge in [0.15, 0.2) is 0 Å². The zero-order chi connectivity index (χ0) is 19.4. The second-order valence-electron chi connectivity index (χ2n) is 6.25. The van der Waals surface area contributed by atoms with Gasteiger partial charge in [-0.25, -0.2) is 8.42 Å². The van der Waals surface area contributed by atoms with Gasteiger partial charge in [0, 0.05) is 18.7 Å². The second kappa shape index (κ2) is 8.26. The number of rotatable bonds is 7. The topological polar surface area (TPSA) is 69.7 Å². The molecule has 1 aliphatic rings. The number of carbonyl (C=O) groups excluding carboxylic acids is 1. The molecule has 26 heavy (non-hydrogen) atoms. The van der Waals surface area contributed by atoms with Gasteiger partial charge in [0.25, 0.3) is 5.91 Å². The standard InChI is InChI=1S/C16H22F3N3O3S/c1-21(12-16(17,18)19)8-3-7-20-15(23)13-5-2-6-14(11-13)22-9-4-10-26(22,24)25/h2,5-6,11H,3-4,7-10,12H2,1H3,(H,20,23). The number of hydrogen-bond donors (Lipinski definition) is 1. The fourth-order valence-corrected chi connectivity index (χ4v) is 4.33. The van der Waals surface area contributed by atoms with Crippen LogP contribution in [0, 0.1) is 0 Å². The van der Waals surface area contributed by atoms with Gasteiger partial charge in [0.05, 0.1) is 18.0 Å². The molecular weight excluding hydrogens is 371 g/mol. The quantitative estimate of drug-likeness (QED) is 0.718. The minimum absolute atomic E-state index is 0.0921. The Hall–Kier alpha value is -1.81. The Morgan fingerprint density at radius 1 is 1.35 bits per heavy atom. The summed E-state index contributed by atoms with van der Waals surface area (Å²) in [6.07, 6.45) is -3.32. The summed E-state index contributed by atoms with van der Waals surface area (Å²) in [7, 11) is -1.95. The predicted molar refractivity (Wildman–Crippen MR) is 92.7 cm³/mol. The monoisotopic (exact) mass is 393 g/mol. The summed E-state index contributed by atoms with van der Waals surface area (Å²) in [6.45, 7) is -0.175. The van der Waals surface area contributed by atoms with E-state index in [1.807, 2.05) is 0 Å². The Morgan fingerprint density at radius 2 is 2.08 bits per heavy atom. The first-order valence-corrected chi connectivity index (χ1v) is 9.83. The van der Waals surface area contributed by atoms with Crippen LogP contribution in [0.2, 0.25) is 0 Å². The maximum Gasteiger partial charge on any atom is 0.401 e. The first-order chi connectivity index (χ1) is 12.1. The van der Waals surface area contributed by atoms with Gasteiger partial charge in [0.1, 0.15) is 0 Å². The van der Waals surface area contributed by atoms with Crippen LogP contribution in [0.15, 0.2) is 24.3 Å². The van der Waals surface area contributed by atoms with Crippen molar-refractivity contribution in [2.24, 2.45) is 0 Å². The largest absolute Gasteiger partial charge is 0.401 e.